The zero-order chi connectivity index (χ0) is 10.1. The Hall–Kier alpha value is 0.170. The SMILES string of the molecule is CC(C)N1C(=O)C2CSCSCC1C2. The molecule has 2 heterocycles. The van der Waals surface area contributed by atoms with Gasteiger partial charge >= 0.3 is 0 Å². The van der Waals surface area contributed by atoms with Crippen molar-refractivity contribution in [2.24, 2.45) is 5.92 Å². The molecule has 0 N–H and O–H groups in total. The molecule has 2 unspecified atom stereocenters. The molecule has 0 aromatic rings. The number of amides is 1. The van der Waals surface area contributed by atoms with Gasteiger partial charge in [-0.3, -0.25) is 4.79 Å². The van der Waals surface area contributed by atoms with Gasteiger partial charge in [-0.15, -0.1) is 11.8 Å². The molecule has 2 atom stereocenters. The number of carbonyl (C=O) groups excluding carboxylic acids is 1. The molecule has 1 amide bonds. The van der Waals surface area contributed by atoms with Gasteiger partial charge in [-0.05, 0) is 20.3 Å². The second kappa shape index (κ2) is 4.35. The van der Waals surface area contributed by atoms with Gasteiger partial charge in [0.25, 0.3) is 0 Å². The van der Waals surface area contributed by atoms with E-state index < -0.39 is 0 Å². The number of nitrogens with zero attached hydrogens (tertiary/aromatic N) is 1. The zero-order valence-corrected chi connectivity index (χ0v) is 10.4. The minimum Gasteiger partial charge on any atom is -0.336 e. The van der Waals surface area contributed by atoms with E-state index in [4.69, 9.17) is 0 Å². The minimum absolute atomic E-state index is 0.313. The highest BCUT2D eigenvalue weighted by Crippen LogP contribution is 2.34. The van der Waals surface area contributed by atoms with Gasteiger partial charge in [0.05, 0.1) is 0 Å². The van der Waals surface area contributed by atoms with Crippen molar-refractivity contribution in [2.75, 3.05) is 16.6 Å². The molecule has 2 rings (SSSR count). The Morgan fingerprint density at radius 1 is 1.36 bits per heavy atom. The fraction of sp³-hybridized carbons (Fsp3) is 0.900. The van der Waals surface area contributed by atoms with Gasteiger partial charge in [0.15, 0.2) is 0 Å². The van der Waals surface area contributed by atoms with Crippen LogP contribution in [0.5, 0.6) is 0 Å². The number of rotatable bonds is 1. The van der Waals surface area contributed by atoms with Crippen LogP contribution in [0.15, 0.2) is 0 Å². The third-order valence-electron chi connectivity index (χ3n) is 2.91. The monoisotopic (exact) mass is 231 g/mol. The lowest BCUT2D eigenvalue weighted by Gasteiger charge is -2.28. The summed E-state index contributed by atoms with van der Waals surface area (Å²) >= 11 is 3.90. The van der Waals surface area contributed by atoms with Crippen molar-refractivity contribution in [1.29, 1.82) is 0 Å². The molecule has 14 heavy (non-hydrogen) atoms. The van der Waals surface area contributed by atoms with Crippen LogP contribution >= 0.6 is 23.5 Å². The molecule has 0 aromatic carbocycles. The molecule has 2 aliphatic heterocycles. The lowest BCUT2D eigenvalue weighted by Crippen LogP contribution is -2.40. The Morgan fingerprint density at radius 2 is 2.07 bits per heavy atom. The van der Waals surface area contributed by atoms with E-state index in [2.05, 4.69) is 18.7 Å². The maximum atomic E-state index is 12.0. The maximum Gasteiger partial charge on any atom is 0.227 e. The highest BCUT2D eigenvalue weighted by Gasteiger charge is 2.40. The molecule has 2 fully saturated rings. The number of fused-ring (bicyclic) bond motifs is 2. The number of hydrogen-bond donors (Lipinski definition) is 0. The third kappa shape index (κ3) is 1.91. The normalized spacial score (nSPS) is 33.4. The van der Waals surface area contributed by atoms with Crippen LogP contribution in [0.4, 0.5) is 0 Å². The van der Waals surface area contributed by atoms with Gasteiger partial charge in [0.1, 0.15) is 0 Å². The first kappa shape index (κ1) is 10.7. The molecule has 2 bridgehead atoms. The molecule has 0 radical (unpaired) electrons. The first-order valence-electron chi connectivity index (χ1n) is 5.18. The number of carbonyl (C=O) groups is 1. The van der Waals surface area contributed by atoms with Gasteiger partial charge in [-0.25, -0.2) is 0 Å². The van der Waals surface area contributed by atoms with Crippen molar-refractivity contribution >= 4 is 29.4 Å². The summed E-state index contributed by atoms with van der Waals surface area (Å²) in [4.78, 5) is 14.2. The summed E-state index contributed by atoms with van der Waals surface area (Å²) in [6.07, 6.45) is 1.09. The largest absolute Gasteiger partial charge is 0.336 e. The Kier molecular flexibility index (Phi) is 3.32. The Labute approximate surface area is 94.2 Å². The Balaban J connectivity index is 2.14. The van der Waals surface area contributed by atoms with E-state index in [1.54, 1.807) is 0 Å². The summed E-state index contributed by atoms with van der Waals surface area (Å²) in [7, 11) is 0. The lowest BCUT2D eigenvalue weighted by molar-refractivity contribution is -0.132. The van der Waals surface area contributed by atoms with Crippen LogP contribution in [0.2, 0.25) is 0 Å². The number of likely N-dealkylation sites (tertiary alicyclic amines) is 1. The van der Waals surface area contributed by atoms with Crippen LogP contribution < -0.4 is 0 Å². The second-order valence-corrected chi connectivity index (χ2v) is 6.71. The summed E-state index contributed by atoms with van der Waals surface area (Å²) in [6, 6.07) is 0.889. The Bertz CT molecular complexity index is 232. The quantitative estimate of drug-likeness (QED) is 0.689. The van der Waals surface area contributed by atoms with E-state index in [1.807, 2.05) is 23.5 Å². The van der Waals surface area contributed by atoms with Gasteiger partial charge in [-0.2, -0.15) is 11.8 Å². The first-order valence-corrected chi connectivity index (χ1v) is 7.48. The minimum atomic E-state index is 0.313. The summed E-state index contributed by atoms with van der Waals surface area (Å²) in [5.74, 6) is 2.88. The van der Waals surface area contributed by atoms with Gasteiger partial charge in [-0.1, -0.05) is 0 Å². The zero-order valence-electron chi connectivity index (χ0n) is 8.73. The second-order valence-electron chi connectivity index (χ2n) is 4.29. The van der Waals surface area contributed by atoms with Gasteiger partial charge < -0.3 is 4.90 Å². The standard InChI is InChI=1S/C10H17NOS2/c1-7(2)11-9-3-8(10(11)12)4-13-6-14-5-9/h7-9H,3-6H2,1-2H3. The molecule has 0 spiro atoms. The summed E-state index contributed by atoms with van der Waals surface area (Å²) in [5.41, 5.74) is 0. The molecule has 2 aliphatic rings. The molecule has 2 saturated heterocycles. The van der Waals surface area contributed by atoms with Crippen molar-refractivity contribution in [3.8, 4) is 0 Å². The third-order valence-corrected chi connectivity index (χ3v) is 5.50. The fourth-order valence-electron chi connectivity index (χ4n) is 2.33. The van der Waals surface area contributed by atoms with Gasteiger partial charge in [0, 0.05) is 34.6 Å². The van der Waals surface area contributed by atoms with Crippen molar-refractivity contribution in [2.45, 2.75) is 32.4 Å². The van der Waals surface area contributed by atoms with Crippen molar-refractivity contribution in [1.82, 2.24) is 4.90 Å². The highest BCUT2D eigenvalue weighted by molar-refractivity contribution is 8.16. The van der Waals surface area contributed by atoms with Crippen LogP contribution in [0, 0.1) is 5.92 Å². The summed E-state index contributed by atoms with van der Waals surface area (Å²) in [6.45, 7) is 4.26. The average molecular weight is 231 g/mol. The number of thioether (sulfide) groups is 2. The first-order chi connectivity index (χ1) is 6.70. The predicted molar refractivity (Wildman–Crippen MR) is 63.7 cm³/mol. The van der Waals surface area contributed by atoms with Crippen LogP contribution in [-0.4, -0.2) is 39.5 Å². The van der Waals surface area contributed by atoms with Crippen LogP contribution in [0.1, 0.15) is 20.3 Å². The highest BCUT2D eigenvalue weighted by atomic mass is 32.2. The van der Waals surface area contributed by atoms with E-state index in [1.165, 1.54) is 0 Å². The smallest absolute Gasteiger partial charge is 0.227 e. The number of hydrogen-bond acceptors (Lipinski definition) is 3. The summed E-state index contributed by atoms with van der Waals surface area (Å²) in [5, 5.41) is 1.16. The van der Waals surface area contributed by atoms with Crippen molar-refractivity contribution in [3.05, 3.63) is 0 Å². The van der Waals surface area contributed by atoms with E-state index >= 15 is 0 Å². The molecule has 4 heteroatoms. The van der Waals surface area contributed by atoms with Crippen LogP contribution in [0.3, 0.4) is 0 Å². The van der Waals surface area contributed by atoms with Crippen LogP contribution in [0.25, 0.3) is 0 Å². The Morgan fingerprint density at radius 3 is 2.79 bits per heavy atom. The lowest BCUT2D eigenvalue weighted by atomic mass is 10.1. The molecule has 0 aliphatic carbocycles. The van der Waals surface area contributed by atoms with Crippen molar-refractivity contribution < 1.29 is 4.79 Å². The van der Waals surface area contributed by atoms with E-state index in [0.29, 0.717) is 23.9 Å². The van der Waals surface area contributed by atoms with E-state index in [-0.39, 0.29) is 0 Å². The summed E-state index contributed by atoms with van der Waals surface area (Å²) < 4.78 is 0. The van der Waals surface area contributed by atoms with E-state index in [0.717, 1.165) is 23.0 Å². The molecule has 0 aromatic heterocycles. The molecule has 2 nitrogen and oxygen atoms in total. The predicted octanol–water partition coefficient (Wildman–Crippen LogP) is 2.05. The average Bonchev–Trinajstić information content (AvgIpc) is 2.39. The molecule has 80 valence electrons. The molecular formula is C10H17NOS2. The fourth-order valence-corrected chi connectivity index (χ4v) is 4.70. The maximum absolute atomic E-state index is 12.0. The van der Waals surface area contributed by atoms with E-state index in [9.17, 15) is 4.79 Å². The van der Waals surface area contributed by atoms with Crippen molar-refractivity contribution in [3.63, 3.8) is 0 Å². The topological polar surface area (TPSA) is 20.3 Å². The van der Waals surface area contributed by atoms with Crippen LogP contribution in [-0.2, 0) is 4.79 Å². The van der Waals surface area contributed by atoms with Gasteiger partial charge in [0.2, 0.25) is 5.91 Å². The molecular weight excluding hydrogens is 214 g/mol. The molecule has 0 saturated carbocycles.